The molecule has 0 saturated carbocycles. The molecule has 0 heterocycles. The molecule has 0 saturated heterocycles. The van der Waals surface area contributed by atoms with E-state index in [0.29, 0.717) is 5.69 Å². The lowest BCUT2D eigenvalue weighted by atomic mass is 10.1. The Morgan fingerprint density at radius 1 is 0.943 bits per heavy atom. The Morgan fingerprint density at radius 3 is 2.51 bits per heavy atom. The van der Waals surface area contributed by atoms with Crippen molar-refractivity contribution in [2.24, 2.45) is 0 Å². The van der Waals surface area contributed by atoms with Gasteiger partial charge in [-0.1, -0.05) is 65.7 Å². The molecule has 4 aromatic rings. The maximum atomic E-state index is 13.0. The van der Waals surface area contributed by atoms with E-state index in [9.17, 15) is 13.2 Å². The van der Waals surface area contributed by atoms with Crippen molar-refractivity contribution in [3.05, 3.63) is 101 Å². The van der Waals surface area contributed by atoms with Gasteiger partial charge in [-0.05, 0) is 55.1 Å². The standard InChI is InChI=1S/C27H25ClN2O4S/c1-18-10-13-24(19(2)16-18)30-35(32,33)26-17-21(11-12-23(26)28)27(31)29-14-15-34-25-9-5-7-20-6-3-4-8-22(20)25/h3-13,16-17,30H,14-15H2,1-2H3,(H,29,31). The first-order valence-electron chi connectivity index (χ1n) is 11.0. The van der Waals surface area contributed by atoms with Crippen LogP contribution in [0.2, 0.25) is 5.02 Å². The highest BCUT2D eigenvalue weighted by Crippen LogP contribution is 2.27. The second-order valence-electron chi connectivity index (χ2n) is 8.15. The second-order valence-corrected chi connectivity index (χ2v) is 10.2. The average Bonchev–Trinajstić information content (AvgIpc) is 2.83. The average molecular weight is 509 g/mol. The van der Waals surface area contributed by atoms with Crippen molar-refractivity contribution in [1.82, 2.24) is 5.32 Å². The van der Waals surface area contributed by atoms with E-state index in [4.69, 9.17) is 16.3 Å². The molecular weight excluding hydrogens is 484 g/mol. The molecule has 2 N–H and O–H groups in total. The van der Waals surface area contributed by atoms with Crippen molar-refractivity contribution >= 4 is 44.0 Å². The van der Waals surface area contributed by atoms with Crippen LogP contribution in [0.25, 0.3) is 10.8 Å². The van der Waals surface area contributed by atoms with Gasteiger partial charge < -0.3 is 10.1 Å². The molecule has 1 amide bonds. The number of nitrogens with one attached hydrogen (secondary N) is 2. The number of fused-ring (bicyclic) bond motifs is 1. The normalized spacial score (nSPS) is 11.3. The Hall–Kier alpha value is -3.55. The summed E-state index contributed by atoms with van der Waals surface area (Å²) in [5, 5.41) is 4.84. The molecular formula is C27H25ClN2O4S. The first kappa shape index (κ1) is 24.6. The molecule has 180 valence electrons. The van der Waals surface area contributed by atoms with Gasteiger partial charge in [-0.3, -0.25) is 9.52 Å². The molecule has 35 heavy (non-hydrogen) atoms. The highest BCUT2D eigenvalue weighted by atomic mass is 35.5. The predicted molar refractivity (Wildman–Crippen MR) is 140 cm³/mol. The van der Waals surface area contributed by atoms with E-state index in [-0.39, 0.29) is 28.6 Å². The first-order chi connectivity index (χ1) is 16.7. The Balaban J connectivity index is 1.42. The van der Waals surface area contributed by atoms with Crippen molar-refractivity contribution in [3.8, 4) is 5.75 Å². The predicted octanol–water partition coefficient (Wildman–Crippen LogP) is 5.72. The van der Waals surface area contributed by atoms with Crippen LogP contribution in [0.4, 0.5) is 5.69 Å². The number of sulfonamides is 1. The van der Waals surface area contributed by atoms with Crippen LogP contribution >= 0.6 is 11.6 Å². The maximum Gasteiger partial charge on any atom is 0.263 e. The van der Waals surface area contributed by atoms with Crippen molar-refractivity contribution in [2.75, 3.05) is 17.9 Å². The number of ether oxygens (including phenoxy) is 1. The van der Waals surface area contributed by atoms with Gasteiger partial charge in [0, 0.05) is 10.9 Å². The van der Waals surface area contributed by atoms with E-state index in [0.717, 1.165) is 27.6 Å². The van der Waals surface area contributed by atoms with Gasteiger partial charge in [-0.15, -0.1) is 0 Å². The number of amides is 1. The topological polar surface area (TPSA) is 84.5 Å². The highest BCUT2D eigenvalue weighted by Gasteiger charge is 2.21. The van der Waals surface area contributed by atoms with Crippen LogP contribution in [0.3, 0.4) is 0 Å². The molecule has 0 aliphatic carbocycles. The van der Waals surface area contributed by atoms with Crippen molar-refractivity contribution in [1.29, 1.82) is 0 Å². The molecule has 0 fully saturated rings. The van der Waals surface area contributed by atoms with Gasteiger partial charge in [0.1, 0.15) is 17.3 Å². The smallest absolute Gasteiger partial charge is 0.263 e. The van der Waals surface area contributed by atoms with Crippen LogP contribution in [0, 0.1) is 13.8 Å². The Labute approximate surface area is 209 Å². The summed E-state index contributed by atoms with van der Waals surface area (Å²) in [6, 6.07) is 23.2. The van der Waals surface area contributed by atoms with Crippen LogP contribution in [0.1, 0.15) is 21.5 Å². The van der Waals surface area contributed by atoms with E-state index in [1.54, 1.807) is 6.07 Å². The quantitative estimate of drug-likeness (QED) is 0.298. The highest BCUT2D eigenvalue weighted by molar-refractivity contribution is 7.92. The second kappa shape index (κ2) is 10.4. The fourth-order valence-electron chi connectivity index (χ4n) is 3.73. The molecule has 4 aromatic carbocycles. The summed E-state index contributed by atoms with van der Waals surface area (Å²) >= 11 is 6.19. The SMILES string of the molecule is Cc1ccc(NS(=O)(=O)c2cc(C(=O)NCCOc3cccc4ccccc34)ccc2Cl)c(C)c1. The lowest BCUT2D eigenvalue weighted by Crippen LogP contribution is -2.28. The molecule has 0 bridgehead atoms. The minimum Gasteiger partial charge on any atom is -0.491 e. The van der Waals surface area contributed by atoms with E-state index < -0.39 is 15.9 Å². The van der Waals surface area contributed by atoms with Crippen LogP contribution in [-0.2, 0) is 10.0 Å². The van der Waals surface area contributed by atoms with Crippen LogP contribution in [0.15, 0.2) is 83.8 Å². The van der Waals surface area contributed by atoms with Gasteiger partial charge >= 0.3 is 0 Å². The van der Waals surface area contributed by atoms with E-state index in [1.807, 2.05) is 68.4 Å². The zero-order valence-corrected chi connectivity index (χ0v) is 20.9. The van der Waals surface area contributed by atoms with Crippen molar-refractivity contribution < 1.29 is 17.9 Å². The largest absolute Gasteiger partial charge is 0.491 e. The first-order valence-corrected chi connectivity index (χ1v) is 12.9. The number of hydrogen-bond acceptors (Lipinski definition) is 4. The number of carbonyl (C=O) groups is 1. The van der Waals surface area contributed by atoms with Gasteiger partial charge in [-0.2, -0.15) is 0 Å². The lowest BCUT2D eigenvalue weighted by molar-refractivity contribution is 0.0947. The summed E-state index contributed by atoms with van der Waals surface area (Å²) in [4.78, 5) is 12.5. The molecule has 4 rings (SSSR count). The summed E-state index contributed by atoms with van der Waals surface area (Å²) in [7, 11) is -4.00. The third kappa shape index (κ3) is 5.75. The number of carbonyl (C=O) groups excluding carboxylic acids is 1. The van der Waals surface area contributed by atoms with Crippen molar-refractivity contribution in [2.45, 2.75) is 18.7 Å². The number of hydrogen-bond donors (Lipinski definition) is 2. The van der Waals surface area contributed by atoms with Gasteiger partial charge in [0.05, 0.1) is 17.3 Å². The number of anilines is 1. The zero-order chi connectivity index (χ0) is 25.0. The number of halogens is 1. The Bertz CT molecular complexity index is 1500. The lowest BCUT2D eigenvalue weighted by Gasteiger charge is -2.13. The molecule has 6 nitrogen and oxygen atoms in total. The third-order valence-electron chi connectivity index (χ3n) is 5.50. The molecule has 0 aliphatic rings. The third-order valence-corrected chi connectivity index (χ3v) is 7.35. The summed E-state index contributed by atoms with van der Waals surface area (Å²) in [5.74, 6) is 0.306. The van der Waals surface area contributed by atoms with Crippen LogP contribution in [-0.4, -0.2) is 27.5 Å². The molecule has 0 unspecified atom stereocenters. The van der Waals surface area contributed by atoms with Crippen LogP contribution < -0.4 is 14.8 Å². The van der Waals surface area contributed by atoms with Gasteiger partial charge in [0.15, 0.2) is 0 Å². The minimum absolute atomic E-state index is 0.0260. The number of aryl methyl sites for hydroxylation is 2. The molecule has 0 spiro atoms. The minimum atomic E-state index is -4.00. The fraction of sp³-hybridized carbons (Fsp3) is 0.148. The Kier molecular flexibility index (Phi) is 7.28. The van der Waals surface area contributed by atoms with Gasteiger partial charge in [-0.25, -0.2) is 8.42 Å². The maximum absolute atomic E-state index is 13.0. The summed E-state index contributed by atoms with van der Waals surface area (Å²) in [6.07, 6.45) is 0. The molecule has 0 atom stereocenters. The van der Waals surface area contributed by atoms with Crippen molar-refractivity contribution in [3.63, 3.8) is 0 Å². The Morgan fingerprint density at radius 2 is 1.71 bits per heavy atom. The molecule has 0 radical (unpaired) electrons. The number of benzene rings is 4. The van der Waals surface area contributed by atoms with Gasteiger partial charge in [0.25, 0.3) is 15.9 Å². The summed E-state index contributed by atoms with van der Waals surface area (Å²) in [5.41, 5.74) is 2.43. The summed E-state index contributed by atoms with van der Waals surface area (Å²) in [6.45, 7) is 4.24. The van der Waals surface area contributed by atoms with E-state index in [2.05, 4.69) is 10.0 Å². The monoisotopic (exact) mass is 508 g/mol. The molecule has 0 aromatic heterocycles. The summed E-state index contributed by atoms with van der Waals surface area (Å²) < 4.78 is 34.4. The molecule has 8 heteroatoms. The van der Waals surface area contributed by atoms with Crippen LogP contribution in [0.5, 0.6) is 5.75 Å². The molecule has 0 aliphatic heterocycles. The zero-order valence-electron chi connectivity index (χ0n) is 19.3. The number of rotatable bonds is 8. The fourth-order valence-corrected chi connectivity index (χ4v) is 5.39. The van der Waals surface area contributed by atoms with Gasteiger partial charge in [0.2, 0.25) is 0 Å². The van der Waals surface area contributed by atoms with E-state index in [1.165, 1.54) is 18.2 Å². The van der Waals surface area contributed by atoms with E-state index >= 15 is 0 Å².